The zero-order valence-electron chi connectivity index (χ0n) is 10.8. The van der Waals surface area contributed by atoms with E-state index in [1.807, 2.05) is 0 Å². The molecule has 1 atom stereocenters. The van der Waals surface area contributed by atoms with Crippen molar-refractivity contribution in [1.82, 2.24) is 4.90 Å². The van der Waals surface area contributed by atoms with Gasteiger partial charge < -0.3 is 9.47 Å². The van der Waals surface area contributed by atoms with Crippen LogP contribution >= 0.6 is 0 Å². The average Bonchev–Trinajstić information content (AvgIpc) is 2.25. The van der Waals surface area contributed by atoms with Crippen LogP contribution in [0.3, 0.4) is 0 Å². The molecule has 0 aliphatic carbocycles. The monoisotopic (exact) mass is 241 g/mol. The highest BCUT2D eigenvalue weighted by Gasteiger charge is 2.33. The van der Waals surface area contributed by atoms with Crippen LogP contribution in [0.25, 0.3) is 0 Å². The molecule has 0 aliphatic heterocycles. The number of hydrogen-bond donors (Lipinski definition) is 0. The Morgan fingerprint density at radius 2 is 1.94 bits per heavy atom. The lowest BCUT2D eigenvalue weighted by atomic mass is 10.2. The number of ether oxygens (including phenoxy) is 2. The third-order valence-corrected chi connectivity index (χ3v) is 2.26. The Kier molecular flexibility index (Phi) is 5.61. The van der Waals surface area contributed by atoms with E-state index in [4.69, 9.17) is 9.47 Å². The summed E-state index contributed by atoms with van der Waals surface area (Å²) in [5.74, 6) is -1.10. The van der Waals surface area contributed by atoms with Crippen LogP contribution in [0, 0.1) is 0 Å². The Morgan fingerprint density at radius 3 is 2.29 bits per heavy atom. The first-order valence-electron chi connectivity index (χ1n) is 5.08. The van der Waals surface area contributed by atoms with Crippen molar-refractivity contribution in [3.8, 4) is 0 Å². The highest BCUT2D eigenvalue weighted by Crippen LogP contribution is 2.16. The maximum Gasteiger partial charge on any atom is 0.334 e. The van der Waals surface area contributed by atoms with Gasteiger partial charge in [0.15, 0.2) is 5.72 Å². The molecule has 0 spiro atoms. The second-order valence-electron chi connectivity index (χ2n) is 4.05. The molecule has 0 radical (unpaired) electrons. The summed E-state index contributed by atoms with van der Waals surface area (Å²) in [5.41, 5.74) is -0.748. The fraction of sp³-hybridized carbons (Fsp3) is 0.500. The van der Waals surface area contributed by atoms with Gasteiger partial charge in [-0.3, -0.25) is 4.90 Å². The van der Waals surface area contributed by atoms with E-state index in [1.54, 1.807) is 32.8 Å². The van der Waals surface area contributed by atoms with E-state index in [1.165, 1.54) is 0 Å². The van der Waals surface area contributed by atoms with Crippen molar-refractivity contribution in [2.45, 2.75) is 19.6 Å². The predicted octanol–water partition coefficient (Wildman–Crippen LogP) is 1.11. The summed E-state index contributed by atoms with van der Waals surface area (Å²) in [5, 5.41) is 0. The molecule has 0 saturated carbocycles. The number of nitrogens with zero attached hydrogens (tertiary/aromatic N) is 1. The molecule has 0 saturated heterocycles. The van der Waals surface area contributed by atoms with E-state index in [0.717, 1.165) is 6.08 Å². The molecule has 0 aromatic heterocycles. The van der Waals surface area contributed by atoms with Crippen molar-refractivity contribution in [3.63, 3.8) is 0 Å². The number of carbonyl (C=O) groups excluding carboxylic acids is 2. The van der Waals surface area contributed by atoms with E-state index < -0.39 is 17.7 Å². The first-order valence-corrected chi connectivity index (χ1v) is 5.08. The lowest BCUT2D eigenvalue weighted by Gasteiger charge is -2.34. The summed E-state index contributed by atoms with van der Waals surface area (Å²) >= 11 is 0. The number of rotatable bonds is 6. The largest absolute Gasteiger partial charge is 0.457 e. The summed E-state index contributed by atoms with van der Waals surface area (Å²) in [6.45, 7) is 9.89. The van der Waals surface area contributed by atoms with E-state index in [9.17, 15) is 9.59 Å². The number of likely N-dealkylation sites (N-methyl/N-ethyl adjacent to an activating group) is 1. The normalized spacial score (nSPS) is 13.7. The van der Waals surface area contributed by atoms with Gasteiger partial charge in [0.05, 0.1) is 0 Å². The maximum absolute atomic E-state index is 11.5. The van der Waals surface area contributed by atoms with Gasteiger partial charge in [0.2, 0.25) is 0 Å². The molecule has 0 bridgehead atoms. The Balaban J connectivity index is 4.67. The lowest BCUT2D eigenvalue weighted by molar-refractivity contribution is -0.186. The van der Waals surface area contributed by atoms with Crippen LogP contribution in [-0.2, 0) is 19.1 Å². The minimum Gasteiger partial charge on any atom is -0.457 e. The zero-order chi connectivity index (χ0) is 13.6. The van der Waals surface area contributed by atoms with Crippen molar-refractivity contribution in [2.75, 3.05) is 20.7 Å². The highest BCUT2D eigenvalue weighted by atomic mass is 16.6. The van der Waals surface area contributed by atoms with Gasteiger partial charge >= 0.3 is 11.9 Å². The molecule has 1 unspecified atom stereocenters. The Morgan fingerprint density at radius 1 is 1.41 bits per heavy atom. The summed E-state index contributed by atoms with van der Waals surface area (Å²) in [6.07, 6.45) is 1.05. The van der Waals surface area contributed by atoms with Gasteiger partial charge in [0, 0.05) is 11.6 Å². The molecule has 17 heavy (non-hydrogen) atoms. The fourth-order valence-electron chi connectivity index (χ4n) is 0.801. The summed E-state index contributed by atoms with van der Waals surface area (Å²) in [7, 11) is 3.43. The summed E-state index contributed by atoms with van der Waals surface area (Å²) < 4.78 is 10.1. The van der Waals surface area contributed by atoms with Crippen LogP contribution in [-0.4, -0.2) is 43.3 Å². The average molecular weight is 241 g/mol. The minimum atomic E-state index is -1.03. The Bertz CT molecular complexity index is 335. The molecule has 0 fully saturated rings. The van der Waals surface area contributed by atoms with E-state index in [2.05, 4.69) is 13.2 Å². The van der Waals surface area contributed by atoms with Crippen molar-refractivity contribution in [1.29, 1.82) is 0 Å². The van der Waals surface area contributed by atoms with Crippen molar-refractivity contribution in [3.05, 3.63) is 24.8 Å². The molecule has 0 aliphatic rings. The summed E-state index contributed by atoms with van der Waals surface area (Å²) in [6, 6.07) is 0. The third kappa shape index (κ3) is 4.82. The molecule has 0 rings (SSSR count). The molecule has 0 aromatic rings. The first-order chi connectivity index (χ1) is 7.73. The second kappa shape index (κ2) is 6.20. The van der Waals surface area contributed by atoms with Gasteiger partial charge in [0.1, 0.15) is 6.61 Å². The molecule has 0 amide bonds. The van der Waals surface area contributed by atoms with Gasteiger partial charge in [-0.2, -0.15) is 0 Å². The molecule has 96 valence electrons. The minimum absolute atomic E-state index is 0.0795. The van der Waals surface area contributed by atoms with E-state index in [0.29, 0.717) is 0 Å². The molecular formula is C12H19NO4. The molecular weight excluding hydrogens is 222 g/mol. The standard InChI is InChI=1S/C12H19NO4/c1-7-10(14)16-8-12(4,13(5)6)17-11(15)9(2)3/h7H,1-2,8H2,3-6H3. The topological polar surface area (TPSA) is 55.8 Å². The van der Waals surface area contributed by atoms with E-state index >= 15 is 0 Å². The molecule has 5 heteroatoms. The number of hydrogen-bond acceptors (Lipinski definition) is 5. The molecule has 5 nitrogen and oxygen atoms in total. The van der Waals surface area contributed by atoms with Crippen molar-refractivity contribution >= 4 is 11.9 Å². The van der Waals surface area contributed by atoms with Crippen molar-refractivity contribution < 1.29 is 19.1 Å². The predicted molar refractivity (Wildman–Crippen MR) is 64.2 cm³/mol. The third-order valence-electron chi connectivity index (χ3n) is 2.26. The number of esters is 2. The van der Waals surface area contributed by atoms with Gasteiger partial charge in [-0.05, 0) is 27.9 Å². The SMILES string of the molecule is C=CC(=O)OCC(C)(OC(=O)C(=C)C)N(C)C. The van der Waals surface area contributed by atoms with Crippen LogP contribution in [0.1, 0.15) is 13.8 Å². The van der Waals surface area contributed by atoms with Crippen molar-refractivity contribution in [2.24, 2.45) is 0 Å². The van der Waals surface area contributed by atoms with Gasteiger partial charge in [-0.15, -0.1) is 0 Å². The van der Waals surface area contributed by atoms with Gasteiger partial charge in [-0.25, -0.2) is 9.59 Å². The van der Waals surface area contributed by atoms with Gasteiger partial charge in [0.25, 0.3) is 0 Å². The Labute approximate surface area is 102 Å². The molecule has 0 heterocycles. The Hall–Kier alpha value is -1.62. The number of carbonyl (C=O) groups is 2. The maximum atomic E-state index is 11.5. The van der Waals surface area contributed by atoms with E-state index in [-0.39, 0.29) is 12.2 Å². The lowest BCUT2D eigenvalue weighted by Crippen LogP contribution is -2.49. The highest BCUT2D eigenvalue weighted by molar-refractivity contribution is 5.87. The molecule has 0 aromatic carbocycles. The zero-order valence-corrected chi connectivity index (χ0v) is 10.8. The molecule has 0 N–H and O–H groups in total. The second-order valence-corrected chi connectivity index (χ2v) is 4.05. The van der Waals surface area contributed by atoms with Crippen LogP contribution in [0.4, 0.5) is 0 Å². The first kappa shape index (κ1) is 15.4. The quantitative estimate of drug-likeness (QED) is 0.396. The van der Waals surface area contributed by atoms with Crippen LogP contribution < -0.4 is 0 Å². The van der Waals surface area contributed by atoms with Crippen LogP contribution in [0.5, 0.6) is 0 Å². The van der Waals surface area contributed by atoms with Crippen LogP contribution in [0.15, 0.2) is 24.8 Å². The van der Waals surface area contributed by atoms with Crippen LogP contribution in [0.2, 0.25) is 0 Å². The fourth-order valence-corrected chi connectivity index (χ4v) is 0.801. The summed E-state index contributed by atoms with van der Waals surface area (Å²) in [4.78, 5) is 24.1. The smallest absolute Gasteiger partial charge is 0.334 e. The van der Waals surface area contributed by atoms with Gasteiger partial charge in [-0.1, -0.05) is 13.2 Å².